The Morgan fingerprint density at radius 1 is 1.32 bits per heavy atom. The molecule has 0 aliphatic heterocycles. The van der Waals surface area contributed by atoms with E-state index in [0.29, 0.717) is 10.0 Å². The predicted molar refractivity (Wildman–Crippen MR) is 80.5 cm³/mol. The SMILES string of the molecule is CCC(CC)(NC(=O)[C@H](C)N)c1ccc(Cl)c(Cl)c1. The van der Waals surface area contributed by atoms with Gasteiger partial charge in [-0.15, -0.1) is 0 Å². The lowest BCUT2D eigenvalue weighted by atomic mass is 9.84. The normalized spacial score (nSPS) is 13.2. The van der Waals surface area contributed by atoms with Crippen LogP contribution in [0.5, 0.6) is 0 Å². The molecule has 0 radical (unpaired) electrons. The second-order valence-electron chi connectivity index (χ2n) is 4.70. The lowest BCUT2D eigenvalue weighted by Crippen LogP contribution is -2.50. The number of nitrogens with one attached hydrogen (secondary N) is 1. The van der Waals surface area contributed by atoms with Crippen molar-refractivity contribution in [2.75, 3.05) is 0 Å². The highest BCUT2D eigenvalue weighted by Gasteiger charge is 2.31. The zero-order valence-corrected chi connectivity index (χ0v) is 13.0. The number of hydrogen-bond acceptors (Lipinski definition) is 2. The Labute approximate surface area is 124 Å². The molecule has 0 bridgehead atoms. The first kappa shape index (κ1) is 16.3. The molecule has 0 aromatic heterocycles. The minimum atomic E-state index is -0.541. The van der Waals surface area contributed by atoms with Gasteiger partial charge in [-0.3, -0.25) is 4.79 Å². The molecule has 0 saturated carbocycles. The van der Waals surface area contributed by atoms with E-state index in [2.05, 4.69) is 5.32 Å². The first-order chi connectivity index (χ1) is 8.86. The first-order valence-corrected chi connectivity index (χ1v) is 7.15. The van der Waals surface area contributed by atoms with Crippen molar-refractivity contribution in [2.24, 2.45) is 5.73 Å². The average Bonchev–Trinajstić information content (AvgIpc) is 2.39. The lowest BCUT2D eigenvalue weighted by molar-refractivity contribution is -0.124. The van der Waals surface area contributed by atoms with Crippen LogP contribution < -0.4 is 11.1 Å². The molecule has 1 atom stereocenters. The van der Waals surface area contributed by atoms with E-state index in [1.165, 1.54) is 0 Å². The summed E-state index contributed by atoms with van der Waals surface area (Å²) in [6, 6.07) is 4.90. The molecule has 106 valence electrons. The minimum Gasteiger partial charge on any atom is -0.345 e. The maximum absolute atomic E-state index is 11.9. The molecule has 1 rings (SSSR count). The number of rotatable bonds is 5. The van der Waals surface area contributed by atoms with E-state index in [1.807, 2.05) is 19.9 Å². The number of carbonyl (C=O) groups excluding carboxylic acids is 1. The van der Waals surface area contributed by atoms with Crippen molar-refractivity contribution in [1.29, 1.82) is 0 Å². The lowest BCUT2D eigenvalue weighted by Gasteiger charge is -2.34. The molecule has 5 heteroatoms. The van der Waals surface area contributed by atoms with E-state index in [9.17, 15) is 4.79 Å². The van der Waals surface area contributed by atoms with Gasteiger partial charge >= 0.3 is 0 Å². The van der Waals surface area contributed by atoms with Crippen LogP contribution in [0, 0.1) is 0 Å². The summed E-state index contributed by atoms with van der Waals surface area (Å²) in [7, 11) is 0. The smallest absolute Gasteiger partial charge is 0.237 e. The summed E-state index contributed by atoms with van der Waals surface area (Å²) < 4.78 is 0. The fourth-order valence-electron chi connectivity index (χ4n) is 2.05. The van der Waals surface area contributed by atoms with E-state index in [-0.39, 0.29) is 5.91 Å². The average molecular weight is 303 g/mol. The number of amides is 1. The molecule has 3 N–H and O–H groups in total. The largest absolute Gasteiger partial charge is 0.345 e. The van der Waals surface area contributed by atoms with Crippen molar-refractivity contribution in [3.8, 4) is 0 Å². The van der Waals surface area contributed by atoms with E-state index >= 15 is 0 Å². The molecular weight excluding hydrogens is 283 g/mol. The Balaban J connectivity index is 3.17. The first-order valence-electron chi connectivity index (χ1n) is 6.39. The van der Waals surface area contributed by atoms with Gasteiger partial charge in [0.1, 0.15) is 0 Å². The zero-order chi connectivity index (χ0) is 14.6. The Bertz CT molecular complexity index is 457. The number of benzene rings is 1. The summed E-state index contributed by atoms with van der Waals surface area (Å²) in [6.07, 6.45) is 1.50. The summed E-state index contributed by atoms with van der Waals surface area (Å²) in [5.74, 6) is -0.172. The summed E-state index contributed by atoms with van der Waals surface area (Å²) in [4.78, 5) is 11.9. The van der Waals surface area contributed by atoms with Crippen LogP contribution in [0.15, 0.2) is 18.2 Å². The van der Waals surface area contributed by atoms with Gasteiger partial charge < -0.3 is 11.1 Å². The molecule has 0 saturated heterocycles. The quantitative estimate of drug-likeness (QED) is 0.875. The van der Waals surface area contributed by atoms with Crippen LogP contribution in [0.1, 0.15) is 39.2 Å². The summed E-state index contributed by atoms with van der Waals surface area (Å²) in [6.45, 7) is 5.71. The standard InChI is InChI=1S/C14H20Cl2N2O/c1-4-14(5-2,18-13(19)9(3)17)10-6-7-11(15)12(16)8-10/h6-9H,4-5,17H2,1-3H3,(H,18,19)/t9-/m0/s1. The van der Waals surface area contributed by atoms with Gasteiger partial charge in [0.15, 0.2) is 0 Å². The topological polar surface area (TPSA) is 55.1 Å². The molecule has 1 aromatic rings. The molecule has 0 fully saturated rings. The third-order valence-corrected chi connectivity index (χ3v) is 4.19. The third kappa shape index (κ3) is 3.62. The van der Waals surface area contributed by atoms with Gasteiger partial charge in [0.05, 0.1) is 21.6 Å². The number of carbonyl (C=O) groups is 1. The molecule has 3 nitrogen and oxygen atoms in total. The van der Waals surface area contributed by atoms with E-state index in [4.69, 9.17) is 28.9 Å². The van der Waals surface area contributed by atoms with Gasteiger partial charge in [0.2, 0.25) is 5.91 Å². The van der Waals surface area contributed by atoms with Crippen LogP contribution in [0.3, 0.4) is 0 Å². The van der Waals surface area contributed by atoms with Crippen LogP contribution in [-0.4, -0.2) is 11.9 Å². The Morgan fingerprint density at radius 3 is 2.32 bits per heavy atom. The number of nitrogens with two attached hydrogens (primary N) is 1. The molecule has 19 heavy (non-hydrogen) atoms. The van der Waals surface area contributed by atoms with Crippen molar-refractivity contribution in [3.63, 3.8) is 0 Å². The van der Waals surface area contributed by atoms with Crippen LogP contribution in [-0.2, 0) is 10.3 Å². The van der Waals surface area contributed by atoms with Gasteiger partial charge in [0.25, 0.3) is 0 Å². The van der Waals surface area contributed by atoms with Gasteiger partial charge in [-0.05, 0) is 37.5 Å². The van der Waals surface area contributed by atoms with Crippen LogP contribution in [0.2, 0.25) is 10.0 Å². The van der Waals surface area contributed by atoms with E-state index in [1.54, 1.807) is 19.1 Å². The monoisotopic (exact) mass is 302 g/mol. The van der Waals surface area contributed by atoms with Crippen LogP contribution >= 0.6 is 23.2 Å². The van der Waals surface area contributed by atoms with Crippen LogP contribution in [0.4, 0.5) is 0 Å². The van der Waals surface area contributed by atoms with Crippen molar-refractivity contribution >= 4 is 29.1 Å². The van der Waals surface area contributed by atoms with E-state index in [0.717, 1.165) is 18.4 Å². The maximum Gasteiger partial charge on any atom is 0.237 e. The molecule has 0 heterocycles. The number of hydrogen-bond donors (Lipinski definition) is 2. The molecule has 0 aliphatic carbocycles. The fraction of sp³-hybridized carbons (Fsp3) is 0.500. The summed E-state index contributed by atoms with van der Waals surface area (Å²) in [5.41, 5.74) is 6.11. The van der Waals surface area contributed by atoms with Crippen molar-refractivity contribution in [2.45, 2.75) is 45.2 Å². The highest BCUT2D eigenvalue weighted by molar-refractivity contribution is 6.42. The molecule has 1 amide bonds. The minimum absolute atomic E-state index is 0.172. The maximum atomic E-state index is 11.9. The third-order valence-electron chi connectivity index (χ3n) is 3.46. The Morgan fingerprint density at radius 2 is 1.89 bits per heavy atom. The van der Waals surface area contributed by atoms with Gasteiger partial charge in [0, 0.05) is 0 Å². The van der Waals surface area contributed by atoms with Gasteiger partial charge in [-0.2, -0.15) is 0 Å². The van der Waals surface area contributed by atoms with E-state index < -0.39 is 11.6 Å². The Kier molecular flexibility index (Phi) is 5.65. The van der Waals surface area contributed by atoms with Crippen molar-refractivity contribution in [3.05, 3.63) is 33.8 Å². The fourth-order valence-corrected chi connectivity index (χ4v) is 2.35. The second-order valence-corrected chi connectivity index (χ2v) is 5.51. The van der Waals surface area contributed by atoms with Crippen molar-refractivity contribution in [1.82, 2.24) is 5.32 Å². The summed E-state index contributed by atoms with van der Waals surface area (Å²) >= 11 is 12.0. The highest BCUT2D eigenvalue weighted by atomic mass is 35.5. The Hall–Kier alpha value is -0.770. The molecule has 0 unspecified atom stereocenters. The second kappa shape index (κ2) is 6.60. The zero-order valence-electron chi connectivity index (χ0n) is 11.5. The number of halogens is 2. The molecular formula is C14H20Cl2N2O. The van der Waals surface area contributed by atoms with Crippen LogP contribution in [0.25, 0.3) is 0 Å². The molecule has 1 aromatic carbocycles. The highest BCUT2D eigenvalue weighted by Crippen LogP contribution is 2.33. The van der Waals surface area contributed by atoms with Gasteiger partial charge in [-0.1, -0.05) is 43.1 Å². The molecule has 0 spiro atoms. The molecule has 0 aliphatic rings. The van der Waals surface area contributed by atoms with Crippen molar-refractivity contribution < 1.29 is 4.79 Å². The van der Waals surface area contributed by atoms with Gasteiger partial charge in [-0.25, -0.2) is 0 Å². The summed E-state index contributed by atoms with van der Waals surface area (Å²) in [5, 5.41) is 4.02. The predicted octanol–water partition coefficient (Wildman–Crippen LogP) is 3.47.